The lowest BCUT2D eigenvalue weighted by molar-refractivity contribution is 0.0642. The van der Waals surface area contributed by atoms with Gasteiger partial charge in [-0.05, 0) is 44.4 Å². The van der Waals surface area contributed by atoms with Crippen LogP contribution in [0.15, 0.2) is 12.1 Å². The van der Waals surface area contributed by atoms with Crippen molar-refractivity contribution in [1.29, 1.82) is 0 Å². The highest BCUT2D eigenvalue weighted by Gasteiger charge is 2.25. The van der Waals surface area contributed by atoms with Gasteiger partial charge in [0.15, 0.2) is 0 Å². The molecule has 1 rings (SSSR count). The summed E-state index contributed by atoms with van der Waals surface area (Å²) in [6.07, 6.45) is 2.22. The molecule has 0 saturated carbocycles. The third kappa shape index (κ3) is 3.74. The Morgan fingerprint density at radius 1 is 1.15 bits per heavy atom. The number of aryl methyl sites for hydroxylation is 1. The molecule has 2 unspecified atom stereocenters. The van der Waals surface area contributed by atoms with Crippen LogP contribution in [0.4, 0.5) is 0 Å². The maximum Gasteiger partial charge on any atom is 0.126 e. The van der Waals surface area contributed by atoms with Crippen LogP contribution >= 0.6 is 0 Å². The van der Waals surface area contributed by atoms with Gasteiger partial charge in [0.2, 0.25) is 0 Å². The van der Waals surface area contributed by atoms with Gasteiger partial charge in [-0.15, -0.1) is 0 Å². The zero-order valence-corrected chi connectivity index (χ0v) is 13.7. The monoisotopic (exact) mass is 279 g/mol. The maximum atomic E-state index is 5.66. The first-order valence-electron chi connectivity index (χ1n) is 7.50. The molecule has 3 heteroatoms. The van der Waals surface area contributed by atoms with E-state index in [9.17, 15) is 0 Å². The summed E-state index contributed by atoms with van der Waals surface area (Å²) >= 11 is 0. The number of hydrogen-bond donors (Lipinski definition) is 1. The van der Waals surface area contributed by atoms with E-state index >= 15 is 0 Å². The average Bonchev–Trinajstić information content (AvgIpc) is 2.46. The number of methoxy groups -OCH3 is 2. The summed E-state index contributed by atoms with van der Waals surface area (Å²) in [6.45, 7) is 9.53. The summed E-state index contributed by atoms with van der Waals surface area (Å²) in [6, 6.07) is 4.49. The second-order valence-corrected chi connectivity index (χ2v) is 5.24. The summed E-state index contributed by atoms with van der Waals surface area (Å²) < 4.78 is 11.3. The van der Waals surface area contributed by atoms with Gasteiger partial charge >= 0.3 is 0 Å². The van der Waals surface area contributed by atoms with E-state index in [0.717, 1.165) is 25.1 Å². The van der Waals surface area contributed by atoms with Crippen LogP contribution in [-0.4, -0.2) is 26.9 Å². The van der Waals surface area contributed by atoms with Crippen LogP contribution in [-0.2, 0) is 4.74 Å². The van der Waals surface area contributed by atoms with Crippen molar-refractivity contribution in [2.45, 2.75) is 52.7 Å². The molecule has 0 spiro atoms. The van der Waals surface area contributed by atoms with Gasteiger partial charge in [-0.3, -0.25) is 0 Å². The third-order valence-electron chi connectivity index (χ3n) is 3.94. The fourth-order valence-electron chi connectivity index (χ4n) is 2.61. The summed E-state index contributed by atoms with van der Waals surface area (Å²) in [5.41, 5.74) is 3.65. The molecule has 1 aromatic carbocycles. The fraction of sp³-hybridized carbons (Fsp3) is 0.647. The first-order valence-corrected chi connectivity index (χ1v) is 7.50. The number of hydrogen-bond acceptors (Lipinski definition) is 3. The predicted octanol–water partition coefficient (Wildman–Crippen LogP) is 3.78. The Balaban J connectivity index is 3.21. The van der Waals surface area contributed by atoms with Gasteiger partial charge in [0, 0.05) is 12.7 Å². The summed E-state index contributed by atoms with van der Waals surface area (Å²) in [4.78, 5) is 0. The van der Waals surface area contributed by atoms with Crippen LogP contribution in [0.25, 0.3) is 0 Å². The normalized spacial score (nSPS) is 14.1. The van der Waals surface area contributed by atoms with Crippen molar-refractivity contribution in [3.63, 3.8) is 0 Å². The Kier molecular flexibility index (Phi) is 7.03. The van der Waals surface area contributed by atoms with Crippen molar-refractivity contribution < 1.29 is 9.47 Å². The first kappa shape index (κ1) is 17.0. The lowest BCUT2D eigenvalue weighted by atomic mass is 9.94. The van der Waals surface area contributed by atoms with Crippen molar-refractivity contribution in [3.05, 3.63) is 28.8 Å². The fourth-order valence-corrected chi connectivity index (χ4v) is 2.61. The lowest BCUT2D eigenvalue weighted by Crippen LogP contribution is -2.34. The molecule has 0 amide bonds. The standard InChI is InChI=1S/C17H29NO2/c1-7-11-18-16(15(8-2)19-5)14-10-9-12(3)13(4)17(14)20-6/h9-10,15-16,18H,7-8,11H2,1-6H3. The molecule has 0 heterocycles. The van der Waals surface area contributed by atoms with Gasteiger partial charge in [-0.1, -0.05) is 26.0 Å². The summed E-state index contributed by atoms with van der Waals surface area (Å²) in [5.74, 6) is 0.981. The van der Waals surface area contributed by atoms with Crippen LogP contribution in [0.1, 0.15) is 49.4 Å². The van der Waals surface area contributed by atoms with Gasteiger partial charge in [-0.25, -0.2) is 0 Å². The van der Waals surface area contributed by atoms with Crippen LogP contribution in [0.2, 0.25) is 0 Å². The quantitative estimate of drug-likeness (QED) is 0.785. The molecule has 1 aromatic rings. The molecule has 0 aliphatic carbocycles. The van der Waals surface area contributed by atoms with E-state index in [1.165, 1.54) is 16.7 Å². The molecular weight excluding hydrogens is 250 g/mol. The van der Waals surface area contributed by atoms with Crippen molar-refractivity contribution >= 4 is 0 Å². The molecule has 2 atom stereocenters. The predicted molar refractivity (Wildman–Crippen MR) is 84.6 cm³/mol. The molecular formula is C17H29NO2. The average molecular weight is 279 g/mol. The SMILES string of the molecule is CCCNC(c1ccc(C)c(C)c1OC)C(CC)OC. The van der Waals surface area contributed by atoms with Gasteiger partial charge in [0.05, 0.1) is 19.3 Å². The molecule has 0 fully saturated rings. The van der Waals surface area contributed by atoms with Gasteiger partial charge < -0.3 is 14.8 Å². The minimum Gasteiger partial charge on any atom is -0.496 e. The highest BCUT2D eigenvalue weighted by molar-refractivity contribution is 5.47. The van der Waals surface area contributed by atoms with E-state index in [4.69, 9.17) is 9.47 Å². The van der Waals surface area contributed by atoms with E-state index in [-0.39, 0.29) is 12.1 Å². The smallest absolute Gasteiger partial charge is 0.126 e. The van der Waals surface area contributed by atoms with Gasteiger partial charge in [0.25, 0.3) is 0 Å². The van der Waals surface area contributed by atoms with Crippen molar-refractivity contribution in [2.24, 2.45) is 0 Å². The van der Waals surface area contributed by atoms with Crippen LogP contribution in [0.5, 0.6) is 5.75 Å². The Bertz CT molecular complexity index is 414. The van der Waals surface area contributed by atoms with E-state index in [2.05, 4.69) is 45.1 Å². The number of benzene rings is 1. The van der Waals surface area contributed by atoms with Gasteiger partial charge in [0.1, 0.15) is 5.75 Å². The van der Waals surface area contributed by atoms with Crippen molar-refractivity contribution in [3.8, 4) is 5.75 Å². The first-order chi connectivity index (χ1) is 9.60. The van der Waals surface area contributed by atoms with Crippen molar-refractivity contribution in [2.75, 3.05) is 20.8 Å². The van der Waals surface area contributed by atoms with Crippen LogP contribution in [0, 0.1) is 13.8 Å². The molecule has 114 valence electrons. The molecule has 0 aliphatic rings. The molecule has 0 aromatic heterocycles. The largest absolute Gasteiger partial charge is 0.496 e. The van der Waals surface area contributed by atoms with E-state index in [1.54, 1.807) is 14.2 Å². The number of ether oxygens (including phenoxy) is 2. The minimum absolute atomic E-state index is 0.151. The Labute approximate surface area is 123 Å². The number of nitrogens with one attached hydrogen (secondary N) is 1. The summed E-state index contributed by atoms with van der Waals surface area (Å²) in [5, 5.41) is 3.60. The zero-order chi connectivity index (χ0) is 15.1. The third-order valence-corrected chi connectivity index (χ3v) is 3.94. The highest BCUT2D eigenvalue weighted by atomic mass is 16.5. The van der Waals surface area contributed by atoms with Crippen molar-refractivity contribution in [1.82, 2.24) is 5.32 Å². The molecule has 0 saturated heterocycles. The van der Waals surface area contributed by atoms with Gasteiger partial charge in [-0.2, -0.15) is 0 Å². The molecule has 0 aliphatic heterocycles. The van der Waals surface area contributed by atoms with Crippen LogP contribution in [0.3, 0.4) is 0 Å². The topological polar surface area (TPSA) is 30.5 Å². The number of rotatable bonds is 8. The molecule has 20 heavy (non-hydrogen) atoms. The molecule has 1 N–H and O–H groups in total. The maximum absolute atomic E-state index is 5.66. The van der Waals surface area contributed by atoms with E-state index in [0.29, 0.717) is 0 Å². The second-order valence-electron chi connectivity index (χ2n) is 5.24. The molecule has 0 radical (unpaired) electrons. The Morgan fingerprint density at radius 3 is 2.35 bits per heavy atom. The molecule has 0 bridgehead atoms. The lowest BCUT2D eigenvalue weighted by Gasteiger charge is -2.29. The zero-order valence-electron chi connectivity index (χ0n) is 13.7. The second kappa shape index (κ2) is 8.28. The Morgan fingerprint density at radius 2 is 1.85 bits per heavy atom. The Hall–Kier alpha value is -1.06. The van der Waals surface area contributed by atoms with E-state index in [1.807, 2.05) is 0 Å². The van der Waals surface area contributed by atoms with E-state index < -0.39 is 0 Å². The summed E-state index contributed by atoms with van der Waals surface area (Å²) in [7, 11) is 3.53. The molecule has 3 nitrogen and oxygen atoms in total. The van der Waals surface area contributed by atoms with Crippen LogP contribution < -0.4 is 10.1 Å². The minimum atomic E-state index is 0.151. The highest BCUT2D eigenvalue weighted by Crippen LogP contribution is 2.33.